The van der Waals surface area contributed by atoms with Gasteiger partial charge in [-0.05, 0) is 10.4 Å². The van der Waals surface area contributed by atoms with Crippen LogP contribution < -0.4 is 4.90 Å². The van der Waals surface area contributed by atoms with Crippen LogP contribution in [0.3, 0.4) is 0 Å². The molecular weight excluding hydrogens is 218 g/mol. The Morgan fingerprint density at radius 3 is 3.07 bits per heavy atom. The summed E-state index contributed by atoms with van der Waals surface area (Å²) in [6.45, 7) is 0.663. The molecule has 1 aromatic rings. The number of aliphatic carboxylic acids is 1. The number of aryl methyl sites for hydroxylation is 1. The van der Waals surface area contributed by atoms with E-state index in [-0.39, 0.29) is 0 Å². The Morgan fingerprint density at radius 1 is 1.67 bits per heavy atom. The third-order valence-electron chi connectivity index (χ3n) is 2.27. The molecule has 1 atom stereocenters. The fourth-order valence-electron chi connectivity index (χ4n) is 1.52. The fourth-order valence-corrected chi connectivity index (χ4v) is 2.55. The van der Waals surface area contributed by atoms with Gasteiger partial charge in [-0.2, -0.15) is 11.8 Å². The summed E-state index contributed by atoms with van der Waals surface area (Å²) in [4.78, 5) is 12.8. The molecule has 0 bridgehead atoms. The van der Waals surface area contributed by atoms with Crippen molar-refractivity contribution in [1.82, 2.24) is 20.2 Å². The maximum atomic E-state index is 11.0. The molecule has 0 saturated carbocycles. The molecule has 8 heteroatoms. The van der Waals surface area contributed by atoms with Gasteiger partial charge in [0.25, 0.3) is 0 Å². The summed E-state index contributed by atoms with van der Waals surface area (Å²) < 4.78 is 1.49. The smallest absolute Gasteiger partial charge is 0.327 e. The van der Waals surface area contributed by atoms with Gasteiger partial charge in [0.05, 0.1) is 0 Å². The van der Waals surface area contributed by atoms with E-state index >= 15 is 0 Å². The topological polar surface area (TPSA) is 84.1 Å². The maximum absolute atomic E-state index is 11.0. The lowest BCUT2D eigenvalue weighted by Crippen LogP contribution is -2.48. The number of anilines is 1. The van der Waals surface area contributed by atoms with E-state index in [0.717, 1.165) is 5.75 Å². The highest BCUT2D eigenvalue weighted by molar-refractivity contribution is 7.99. The highest BCUT2D eigenvalue weighted by Crippen LogP contribution is 2.21. The lowest BCUT2D eigenvalue weighted by molar-refractivity contribution is -0.138. The normalized spacial score (nSPS) is 21.7. The fraction of sp³-hybridized carbons (Fsp3) is 0.714. The van der Waals surface area contributed by atoms with Crippen molar-refractivity contribution in [2.75, 3.05) is 23.0 Å². The molecule has 82 valence electrons. The van der Waals surface area contributed by atoms with Crippen LogP contribution in [0, 0.1) is 0 Å². The van der Waals surface area contributed by atoms with E-state index in [1.54, 1.807) is 23.7 Å². The molecule has 0 spiro atoms. The number of thioether (sulfide) groups is 1. The van der Waals surface area contributed by atoms with Crippen molar-refractivity contribution in [3.63, 3.8) is 0 Å². The molecule has 1 aromatic heterocycles. The first-order valence-electron chi connectivity index (χ1n) is 4.49. The molecule has 1 saturated heterocycles. The Bertz CT molecular complexity index is 368. The molecule has 7 nitrogen and oxygen atoms in total. The number of carbonyl (C=O) groups is 1. The minimum absolute atomic E-state index is 0.516. The Balaban J connectivity index is 2.25. The van der Waals surface area contributed by atoms with Crippen molar-refractivity contribution in [2.24, 2.45) is 7.05 Å². The van der Waals surface area contributed by atoms with Crippen LogP contribution in [0.15, 0.2) is 0 Å². The van der Waals surface area contributed by atoms with Crippen LogP contribution >= 0.6 is 11.8 Å². The summed E-state index contributed by atoms with van der Waals surface area (Å²) >= 11 is 1.64. The van der Waals surface area contributed by atoms with Gasteiger partial charge < -0.3 is 10.0 Å². The first-order valence-corrected chi connectivity index (χ1v) is 5.65. The van der Waals surface area contributed by atoms with Crippen molar-refractivity contribution in [3.05, 3.63) is 0 Å². The molecule has 2 rings (SSSR count). The number of carboxylic acid groups (broad SMARTS) is 1. The van der Waals surface area contributed by atoms with Gasteiger partial charge in [-0.25, -0.2) is 9.48 Å². The molecule has 15 heavy (non-hydrogen) atoms. The van der Waals surface area contributed by atoms with Crippen LogP contribution in [0.4, 0.5) is 5.95 Å². The summed E-state index contributed by atoms with van der Waals surface area (Å²) in [7, 11) is 1.70. The highest BCUT2D eigenvalue weighted by atomic mass is 32.2. The van der Waals surface area contributed by atoms with Gasteiger partial charge >= 0.3 is 5.97 Å². The van der Waals surface area contributed by atoms with Gasteiger partial charge in [0.2, 0.25) is 5.95 Å². The minimum atomic E-state index is -0.829. The zero-order valence-corrected chi connectivity index (χ0v) is 9.01. The average molecular weight is 229 g/mol. The first kappa shape index (κ1) is 10.2. The number of carboxylic acids is 1. The number of hydrogen-bond acceptors (Lipinski definition) is 6. The van der Waals surface area contributed by atoms with Gasteiger partial charge in [0, 0.05) is 25.1 Å². The quantitative estimate of drug-likeness (QED) is 0.711. The van der Waals surface area contributed by atoms with Crippen molar-refractivity contribution in [2.45, 2.75) is 6.04 Å². The molecule has 0 aliphatic carbocycles. The second-order valence-corrected chi connectivity index (χ2v) is 4.37. The van der Waals surface area contributed by atoms with E-state index in [1.807, 2.05) is 0 Å². The zero-order chi connectivity index (χ0) is 10.8. The summed E-state index contributed by atoms with van der Waals surface area (Å²) in [5.41, 5.74) is 0. The molecule has 1 unspecified atom stereocenters. The van der Waals surface area contributed by atoms with E-state index in [4.69, 9.17) is 5.11 Å². The largest absolute Gasteiger partial charge is 0.480 e. The maximum Gasteiger partial charge on any atom is 0.327 e. The lowest BCUT2D eigenvalue weighted by atomic mass is 10.3. The van der Waals surface area contributed by atoms with Crippen LogP contribution in [-0.2, 0) is 11.8 Å². The van der Waals surface area contributed by atoms with Crippen LogP contribution in [0.2, 0.25) is 0 Å². The molecular formula is C7H11N5O2S. The van der Waals surface area contributed by atoms with Gasteiger partial charge in [0.15, 0.2) is 0 Å². The van der Waals surface area contributed by atoms with Crippen LogP contribution in [0.25, 0.3) is 0 Å². The third-order valence-corrected chi connectivity index (χ3v) is 3.29. The zero-order valence-electron chi connectivity index (χ0n) is 8.20. The summed E-state index contributed by atoms with van der Waals surface area (Å²) in [6.07, 6.45) is 0. The highest BCUT2D eigenvalue weighted by Gasteiger charge is 2.31. The molecule has 1 aliphatic heterocycles. The third kappa shape index (κ3) is 1.89. The van der Waals surface area contributed by atoms with Crippen LogP contribution in [0.5, 0.6) is 0 Å². The predicted octanol–water partition coefficient (Wildman–Crippen LogP) is -0.784. The minimum Gasteiger partial charge on any atom is -0.480 e. The molecule has 1 aliphatic rings. The van der Waals surface area contributed by atoms with E-state index < -0.39 is 12.0 Å². The van der Waals surface area contributed by atoms with Gasteiger partial charge in [0.1, 0.15) is 6.04 Å². The molecule has 1 fully saturated rings. The number of tetrazole rings is 1. The summed E-state index contributed by atoms with van der Waals surface area (Å²) in [5.74, 6) is 1.16. The Kier molecular flexibility index (Phi) is 2.76. The number of rotatable bonds is 2. The second kappa shape index (κ2) is 4.05. The predicted molar refractivity (Wildman–Crippen MR) is 54.9 cm³/mol. The molecule has 1 N–H and O–H groups in total. The Labute approximate surface area is 90.4 Å². The van der Waals surface area contributed by atoms with Crippen LogP contribution in [0.1, 0.15) is 0 Å². The number of aromatic nitrogens is 4. The van der Waals surface area contributed by atoms with Crippen molar-refractivity contribution in [1.29, 1.82) is 0 Å². The van der Waals surface area contributed by atoms with Gasteiger partial charge in [-0.1, -0.05) is 5.10 Å². The van der Waals surface area contributed by atoms with E-state index in [9.17, 15) is 4.79 Å². The molecule has 0 aromatic carbocycles. The number of hydrogen-bond donors (Lipinski definition) is 1. The Morgan fingerprint density at radius 2 is 2.47 bits per heavy atom. The van der Waals surface area contributed by atoms with Crippen molar-refractivity contribution >= 4 is 23.7 Å². The second-order valence-electron chi connectivity index (χ2n) is 3.22. The van der Waals surface area contributed by atoms with Gasteiger partial charge in [-0.15, -0.1) is 0 Å². The van der Waals surface area contributed by atoms with Crippen molar-refractivity contribution < 1.29 is 9.90 Å². The molecule has 2 heterocycles. The summed E-state index contributed by atoms with van der Waals surface area (Å²) in [5, 5.41) is 20.1. The SMILES string of the molecule is Cn1nnnc1N1CCSCC1C(=O)O. The Hall–Kier alpha value is -1.31. The standard InChI is InChI=1S/C7H11N5O2S/c1-11-7(8-9-10-11)12-2-3-15-4-5(12)6(13)14/h5H,2-4H2,1H3,(H,13,14). The number of nitrogens with zero attached hydrogens (tertiary/aromatic N) is 5. The van der Waals surface area contributed by atoms with Crippen molar-refractivity contribution in [3.8, 4) is 0 Å². The van der Waals surface area contributed by atoms with E-state index in [2.05, 4.69) is 15.5 Å². The molecule has 0 radical (unpaired) electrons. The van der Waals surface area contributed by atoms with Gasteiger partial charge in [-0.3, -0.25) is 0 Å². The first-order chi connectivity index (χ1) is 7.20. The molecule has 0 amide bonds. The monoisotopic (exact) mass is 229 g/mol. The lowest BCUT2D eigenvalue weighted by Gasteiger charge is -2.32. The van der Waals surface area contributed by atoms with Crippen LogP contribution in [-0.4, -0.2) is 55.4 Å². The van der Waals surface area contributed by atoms with E-state index in [0.29, 0.717) is 18.2 Å². The average Bonchev–Trinajstić information content (AvgIpc) is 2.64. The van der Waals surface area contributed by atoms with E-state index in [1.165, 1.54) is 4.68 Å². The summed E-state index contributed by atoms with van der Waals surface area (Å²) in [6, 6.07) is -0.534.